The van der Waals surface area contributed by atoms with Crippen molar-refractivity contribution in [2.24, 2.45) is 0 Å². The Bertz CT molecular complexity index is 887. The van der Waals surface area contributed by atoms with Crippen molar-refractivity contribution in [1.29, 1.82) is 0 Å². The fourth-order valence-corrected chi connectivity index (χ4v) is 3.28. The molecule has 0 saturated heterocycles. The standard InChI is InChI=1S/C21H22F3NO3/c1-13(20(2,3)27)25-11-14-7-6-9-16(18(14)19(25)26)15-8-4-5-10-17(15)28-12-21(22,23)24/h4-10,13,27H,11-12H2,1-3H3. The number of carbonyl (C=O) groups excluding carboxylic acids is 1. The van der Waals surface area contributed by atoms with E-state index < -0.39 is 24.4 Å². The summed E-state index contributed by atoms with van der Waals surface area (Å²) in [6.07, 6.45) is -4.46. The molecule has 3 rings (SSSR count). The highest BCUT2D eigenvalue weighted by atomic mass is 19.4. The summed E-state index contributed by atoms with van der Waals surface area (Å²) < 4.78 is 42.8. The van der Waals surface area contributed by atoms with Crippen LogP contribution in [0.3, 0.4) is 0 Å². The van der Waals surface area contributed by atoms with Gasteiger partial charge in [0.25, 0.3) is 5.91 Å². The van der Waals surface area contributed by atoms with Gasteiger partial charge in [-0.25, -0.2) is 0 Å². The summed E-state index contributed by atoms with van der Waals surface area (Å²) in [6.45, 7) is 3.96. The summed E-state index contributed by atoms with van der Waals surface area (Å²) in [5, 5.41) is 10.3. The number of aliphatic hydroxyl groups is 1. The minimum Gasteiger partial charge on any atom is -0.483 e. The lowest BCUT2D eigenvalue weighted by molar-refractivity contribution is -0.153. The molecule has 1 atom stereocenters. The van der Waals surface area contributed by atoms with Crippen molar-refractivity contribution in [2.75, 3.05) is 6.61 Å². The van der Waals surface area contributed by atoms with Gasteiger partial charge in [-0.1, -0.05) is 36.4 Å². The predicted octanol–water partition coefficient (Wildman–Crippen LogP) is 4.41. The molecule has 1 N–H and O–H groups in total. The highest BCUT2D eigenvalue weighted by Crippen LogP contribution is 2.39. The van der Waals surface area contributed by atoms with Gasteiger partial charge in [0.2, 0.25) is 0 Å². The minimum atomic E-state index is -4.46. The fraction of sp³-hybridized carbons (Fsp3) is 0.381. The normalized spacial score (nSPS) is 15.5. The molecule has 0 fully saturated rings. The third kappa shape index (κ3) is 3.99. The van der Waals surface area contributed by atoms with E-state index in [0.717, 1.165) is 5.56 Å². The monoisotopic (exact) mass is 393 g/mol. The van der Waals surface area contributed by atoms with Gasteiger partial charge in [-0.3, -0.25) is 4.79 Å². The van der Waals surface area contributed by atoms with Crippen LogP contribution in [0, 0.1) is 0 Å². The van der Waals surface area contributed by atoms with Crippen LogP contribution >= 0.6 is 0 Å². The van der Waals surface area contributed by atoms with Crippen molar-refractivity contribution in [3.8, 4) is 16.9 Å². The number of halogens is 3. The molecule has 0 saturated carbocycles. The van der Waals surface area contributed by atoms with E-state index in [-0.39, 0.29) is 11.7 Å². The quantitative estimate of drug-likeness (QED) is 0.819. The number of fused-ring (bicyclic) bond motifs is 1. The molecule has 1 heterocycles. The molecule has 2 aromatic carbocycles. The SMILES string of the molecule is CC(N1Cc2cccc(-c3ccccc3OCC(F)(F)F)c2C1=O)C(C)(C)O. The van der Waals surface area contributed by atoms with Crippen molar-refractivity contribution in [1.82, 2.24) is 4.90 Å². The van der Waals surface area contributed by atoms with Gasteiger partial charge in [0.15, 0.2) is 6.61 Å². The highest BCUT2D eigenvalue weighted by molar-refractivity contribution is 6.05. The van der Waals surface area contributed by atoms with Crippen molar-refractivity contribution in [3.05, 3.63) is 53.6 Å². The van der Waals surface area contributed by atoms with Gasteiger partial charge in [0.1, 0.15) is 5.75 Å². The molecule has 1 aliphatic heterocycles. The van der Waals surface area contributed by atoms with Crippen LogP contribution in [0.15, 0.2) is 42.5 Å². The van der Waals surface area contributed by atoms with Gasteiger partial charge < -0.3 is 14.7 Å². The molecule has 0 aromatic heterocycles. The summed E-state index contributed by atoms with van der Waals surface area (Å²) in [6, 6.07) is 11.2. The second-order valence-electron chi connectivity index (χ2n) is 7.50. The molecule has 28 heavy (non-hydrogen) atoms. The molecule has 7 heteroatoms. The number of carbonyl (C=O) groups is 1. The third-order valence-corrected chi connectivity index (χ3v) is 5.02. The number of amides is 1. The number of alkyl halides is 3. The summed E-state index contributed by atoms with van der Waals surface area (Å²) >= 11 is 0. The van der Waals surface area contributed by atoms with E-state index in [0.29, 0.717) is 23.2 Å². The summed E-state index contributed by atoms with van der Waals surface area (Å²) in [5.41, 5.74) is 1.05. The molecule has 0 aliphatic carbocycles. The summed E-state index contributed by atoms with van der Waals surface area (Å²) in [4.78, 5) is 14.7. The maximum Gasteiger partial charge on any atom is 0.422 e. The zero-order chi connectivity index (χ0) is 20.7. The Labute approximate surface area is 161 Å². The lowest BCUT2D eigenvalue weighted by Crippen LogP contribution is -2.47. The Kier molecular flexibility index (Phi) is 5.14. The second-order valence-corrected chi connectivity index (χ2v) is 7.50. The molecule has 0 radical (unpaired) electrons. The molecule has 150 valence electrons. The molecule has 4 nitrogen and oxygen atoms in total. The number of para-hydroxylation sites is 1. The van der Waals surface area contributed by atoms with E-state index >= 15 is 0 Å². The van der Waals surface area contributed by atoms with E-state index in [1.54, 1.807) is 56.0 Å². The van der Waals surface area contributed by atoms with Crippen LogP contribution in [0.4, 0.5) is 13.2 Å². The van der Waals surface area contributed by atoms with Crippen LogP contribution in [0.5, 0.6) is 5.75 Å². The Hall–Kier alpha value is -2.54. The summed E-state index contributed by atoms with van der Waals surface area (Å²) in [7, 11) is 0. The van der Waals surface area contributed by atoms with E-state index in [2.05, 4.69) is 0 Å². The largest absolute Gasteiger partial charge is 0.483 e. The minimum absolute atomic E-state index is 0.0648. The Morgan fingerprint density at radius 2 is 1.75 bits per heavy atom. The van der Waals surface area contributed by atoms with Crippen molar-refractivity contribution in [2.45, 2.75) is 45.1 Å². The number of ether oxygens (including phenoxy) is 1. The van der Waals surface area contributed by atoms with Crippen LogP contribution < -0.4 is 4.74 Å². The van der Waals surface area contributed by atoms with Crippen molar-refractivity contribution >= 4 is 5.91 Å². The van der Waals surface area contributed by atoms with Crippen molar-refractivity contribution < 1.29 is 27.8 Å². The first-order chi connectivity index (χ1) is 13.0. The van der Waals surface area contributed by atoms with E-state index in [9.17, 15) is 23.1 Å². The third-order valence-electron chi connectivity index (χ3n) is 5.02. The fourth-order valence-electron chi connectivity index (χ4n) is 3.28. The van der Waals surface area contributed by atoms with E-state index in [4.69, 9.17) is 4.74 Å². The first-order valence-corrected chi connectivity index (χ1v) is 8.93. The highest BCUT2D eigenvalue weighted by Gasteiger charge is 2.38. The maximum absolute atomic E-state index is 13.1. The Morgan fingerprint density at radius 3 is 2.39 bits per heavy atom. The number of rotatable bonds is 5. The van der Waals surface area contributed by atoms with Gasteiger partial charge in [0, 0.05) is 12.1 Å². The number of nitrogens with zero attached hydrogens (tertiary/aromatic N) is 1. The average Bonchev–Trinajstić information content (AvgIpc) is 2.95. The molecule has 1 aliphatic rings. The van der Waals surface area contributed by atoms with Gasteiger partial charge in [0.05, 0.1) is 17.2 Å². The van der Waals surface area contributed by atoms with E-state index in [1.807, 2.05) is 6.07 Å². The first kappa shape index (κ1) is 20.2. The Balaban J connectivity index is 2.01. The van der Waals surface area contributed by atoms with Gasteiger partial charge in [-0.05, 0) is 38.0 Å². The van der Waals surface area contributed by atoms with Gasteiger partial charge in [-0.2, -0.15) is 13.2 Å². The number of benzene rings is 2. The van der Waals surface area contributed by atoms with Crippen LogP contribution in [-0.2, 0) is 6.54 Å². The predicted molar refractivity (Wildman–Crippen MR) is 99.1 cm³/mol. The van der Waals surface area contributed by atoms with Crippen LogP contribution in [0.2, 0.25) is 0 Å². The lowest BCUT2D eigenvalue weighted by atomic mass is 9.96. The molecule has 2 aromatic rings. The molecule has 0 bridgehead atoms. The molecule has 1 amide bonds. The average molecular weight is 393 g/mol. The molecular weight excluding hydrogens is 371 g/mol. The second kappa shape index (κ2) is 7.13. The van der Waals surface area contributed by atoms with E-state index in [1.165, 1.54) is 6.07 Å². The number of hydrogen-bond acceptors (Lipinski definition) is 3. The van der Waals surface area contributed by atoms with Crippen LogP contribution in [-0.4, -0.2) is 40.3 Å². The van der Waals surface area contributed by atoms with Crippen LogP contribution in [0.25, 0.3) is 11.1 Å². The molecule has 1 unspecified atom stereocenters. The van der Waals surface area contributed by atoms with Gasteiger partial charge in [-0.15, -0.1) is 0 Å². The zero-order valence-electron chi connectivity index (χ0n) is 15.9. The first-order valence-electron chi connectivity index (χ1n) is 8.93. The summed E-state index contributed by atoms with van der Waals surface area (Å²) in [5.74, 6) is -0.194. The smallest absolute Gasteiger partial charge is 0.422 e. The topological polar surface area (TPSA) is 49.8 Å². The van der Waals surface area contributed by atoms with Gasteiger partial charge >= 0.3 is 6.18 Å². The number of hydrogen-bond donors (Lipinski definition) is 1. The zero-order valence-corrected chi connectivity index (χ0v) is 15.9. The molecule has 0 spiro atoms. The van der Waals surface area contributed by atoms with Crippen molar-refractivity contribution in [3.63, 3.8) is 0 Å². The molecular formula is C21H22F3NO3. The maximum atomic E-state index is 13.1. The lowest BCUT2D eigenvalue weighted by Gasteiger charge is -2.33. The Morgan fingerprint density at radius 1 is 1.11 bits per heavy atom. The van der Waals surface area contributed by atoms with Crippen LogP contribution in [0.1, 0.15) is 36.7 Å².